The lowest BCUT2D eigenvalue weighted by Gasteiger charge is -2.10. The molecule has 0 aliphatic rings. The van der Waals surface area contributed by atoms with Crippen molar-refractivity contribution in [1.82, 2.24) is 24.5 Å². The van der Waals surface area contributed by atoms with E-state index in [1.807, 2.05) is 0 Å². The number of nitrogens with zero attached hydrogens (tertiary/aromatic N) is 4. The van der Waals surface area contributed by atoms with Crippen LogP contribution in [0, 0.1) is 0 Å². The molecule has 9 nitrogen and oxygen atoms in total. The Morgan fingerprint density at radius 2 is 2.15 bits per heavy atom. The van der Waals surface area contributed by atoms with Crippen molar-refractivity contribution in [3.8, 4) is 11.4 Å². The van der Waals surface area contributed by atoms with Crippen molar-refractivity contribution in [1.29, 1.82) is 0 Å². The maximum Gasteiger partial charge on any atom is 0.278 e. The van der Waals surface area contributed by atoms with Crippen molar-refractivity contribution in [3.05, 3.63) is 65.0 Å². The summed E-state index contributed by atoms with van der Waals surface area (Å²) in [6, 6.07) is 6.59. The number of hydrogen-bond donors (Lipinski definition) is 2. The summed E-state index contributed by atoms with van der Waals surface area (Å²) in [5.41, 5.74) is 1.46. The van der Waals surface area contributed by atoms with Crippen LogP contribution < -0.4 is 15.6 Å². The molecule has 0 spiro atoms. The van der Waals surface area contributed by atoms with Crippen LogP contribution in [0.1, 0.15) is 10.4 Å². The van der Waals surface area contributed by atoms with Crippen LogP contribution in [0.2, 0.25) is 0 Å². The van der Waals surface area contributed by atoms with E-state index in [0.717, 1.165) is 10.9 Å². The fourth-order valence-corrected chi connectivity index (χ4v) is 2.83. The second-order valence-corrected chi connectivity index (χ2v) is 5.93. The SMILES string of the molecule is COc1cc2[nH]ncc2cc1C(=O)Nc1cccn(-c2cnn(C)c2)c1=O. The van der Waals surface area contributed by atoms with E-state index in [4.69, 9.17) is 4.74 Å². The normalized spacial score (nSPS) is 10.9. The van der Waals surface area contributed by atoms with Gasteiger partial charge in [-0.15, -0.1) is 0 Å². The van der Waals surface area contributed by atoms with Crippen LogP contribution in [-0.2, 0) is 7.05 Å². The summed E-state index contributed by atoms with van der Waals surface area (Å²) in [4.78, 5) is 25.5. The first-order valence-corrected chi connectivity index (χ1v) is 8.10. The van der Waals surface area contributed by atoms with E-state index >= 15 is 0 Å². The first-order valence-electron chi connectivity index (χ1n) is 8.10. The second-order valence-electron chi connectivity index (χ2n) is 5.93. The van der Waals surface area contributed by atoms with E-state index in [1.165, 1.54) is 11.7 Å². The van der Waals surface area contributed by atoms with Crippen LogP contribution in [0.15, 0.2) is 53.8 Å². The Morgan fingerprint density at radius 1 is 1.30 bits per heavy atom. The molecule has 27 heavy (non-hydrogen) atoms. The van der Waals surface area contributed by atoms with Gasteiger partial charge in [0.1, 0.15) is 11.4 Å². The van der Waals surface area contributed by atoms with Gasteiger partial charge >= 0.3 is 0 Å². The summed E-state index contributed by atoms with van der Waals surface area (Å²) in [5, 5.41) is 14.3. The summed E-state index contributed by atoms with van der Waals surface area (Å²) in [6.45, 7) is 0. The van der Waals surface area contributed by atoms with Gasteiger partial charge in [0.05, 0.1) is 36.3 Å². The molecule has 0 bridgehead atoms. The minimum atomic E-state index is -0.448. The molecular formula is C18H16N6O3. The van der Waals surface area contributed by atoms with Crippen LogP contribution in [0.3, 0.4) is 0 Å². The van der Waals surface area contributed by atoms with E-state index in [0.29, 0.717) is 17.0 Å². The van der Waals surface area contributed by atoms with E-state index < -0.39 is 5.91 Å². The average Bonchev–Trinajstić information content (AvgIpc) is 3.30. The number of carbonyl (C=O) groups is 1. The third kappa shape index (κ3) is 2.95. The fraction of sp³-hybridized carbons (Fsp3) is 0.111. The molecule has 136 valence electrons. The van der Waals surface area contributed by atoms with Gasteiger partial charge in [-0.1, -0.05) is 0 Å². The molecule has 0 aliphatic heterocycles. The van der Waals surface area contributed by atoms with Gasteiger partial charge in [0.25, 0.3) is 11.5 Å². The van der Waals surface area contributed by atoms with Gasteiger partial charge in [0.15, 0.2) is 0 Å². The Bertz CT molecular complexity index is 1200. The molecular weight excluding hydrogens is 348 g/mol. The summed E-state index contributed by atoms with van der Waals surface area (Å²) in [5.74, 6) is -0.0660. The number of nitrogens with one attached hydrogen (secondary N) is 2. The van der Waals surface area contributed by atoms with Crippen LogP contribution in [0.25, 0.3) is 16.6 Å². The Hall–Kier alpha value is -3.88. The van der Waals surface area contributed by atoms with Crippen LogP contribution >= 0.6 is 0 Å². The Morgan fingerprint density at radius 3 is 2.89 bits per heavy atom. The monoisotopic (exact) mass is 364 g/mol. The molecule has 0 atom stereocenters. The van der Waals surface area contributed by atoms with Crippen molar-refractivity contribution in [2.45, 2.75) is 0 Å². The van der Waals surface area contributed by atoms with E-state index in [9.17, 15) is 9.59 Å². The van der Waals surface area contributed by atoms with Gasteiger partial charge in [0, 0.05) is 30.9 Å². The molecule has 4 aromatic rings. The van der Waals surface area contributed by atoms with Gasteiger partial charge in [-0.3, -0.25) is 23.9 Å². The maximum atomic E-state index is 12.8. The maximum absolute atomic E-state index is 12.8. The average molecular weight is 364 g/mol. The zero-order valence-corrected chi connectivity index (χ0v) is 14.6. The van der Waals surface area contributed by atoms with Crippen molar-refractivity contribution < 1.29 is 9.53 Å². The topological polar surface area (TPSA) is 107 Å². The molecule has 2 N–H and O–H groups in total. The van der Waals surface area contributed by atoms with Gasteiger partial charge < -0.3 is 10.1 Å². The van der Waals surface area contributed by atoms with Crippen molar-refractivity contribution in [3.63, 3.8) is 0 Å². The van der Waals surface area contributed by atoms with Crippen molar-refractivity contribution >= 4 is 22.5 Å². The van der Waals surface area contributed by atoms with Crippen LogP contribution in [0.4, 0.5) is 5.69 Å². The lowest BCUT2D eigenvalue weighted by Crippen LogP contribution is -2.24. The molecule has 4 rings (SSSR count). The molecule has 0 unspecified atom stereocenters. The number of anilines is 1. The van der Waals surface area contributed by atoms with Gasteiger partial charge in [-0.2, -0.15) is 10.2 Å². The molecule has 0 saturated carbocycles. The second kappa shape index (κ2) is 6.45. The Kier molecular flexibility index (Phi) is 3.96. The summed E-state index contributed by atoms with van der Waals surface area (Å²) < 4.78 is 8.32. The Labute approximate surface area is 153 Å². The highest BCUT2D eigenvalue weighted by atomic mass is 16.5. The summed E-state index contributed by atoms with van der Waals surface area (Å²) in [7, 11) is 3.24. The third-order valence-corrected chi connectivity index (χ3v) is 4.17. The van der Waals surface area contributed by atoms with E-state index in [2.05, 4.69) is 20.6 Å². The number of fused-ring (bicyclic) bond motifs is 1. The number of amides is 1. The number of benzene rings is 1. The molecule has 9 heteroatoms. The number of methoxy groups -OCH3 is 1. The molecule has 0 fully saturated rings. The standard InChI is InChI=1S/C18H16N6O3/c1-23-10-12(9-20-23)24-5-3-4-14(18(24)26)21-17(25)13-6-11-8-19-22-15(11)7-16(13)27-2/h3-10H,1-2H3,(H,19,22)(H,21,25). The number of rotatable bonds is 4. The number of ether oxygens (including phenoxy) is 1. The predicted octanol–water partition coefficient (Wildman–Crippen LogP) is 1.71. The largest absolute Gasteiger partial charge is 0.496 e. The first-order chi connectivity index (χ1) is 13.1. The van der Waals surface area contributed by atoms with E-state index in [-0.39, 0.29) is 11.2 Å². The summed E-state index contributed by atoms with van der Waals surface area (Å²) in [6.07, 6.45) is 6.52. The predicted molar refractivity (Wildman–Crippen MR) is 99.4 cm³/mol. The minimum Gasteiger partial charge on any atom is -0.496 e. The molecule has 1 aromatic carbocycles. The van der Waals surface area contributed by atoms with Gasteiger partial charge in [0.2, 0.25) is 0 Å². The summed E-state index contributed by atoms with van der Waals surface area (Å²) >= 11 is 0. The molecule has 0 radical (unpaired) electrons. The van der Waals surface area contributed by atoms with Gasteiger partial charge in [-0.05, 0) is 18.2 Å². The fourth-order valence-electron chi connectivity index (χ4n) is 2.83. The lowest BCUT2D eigenvalue weighted by molar-refractivity contribution is 0.102. The minimum absolute atomic E-state index is 0.153. The smallest absolute Gasteiger partial charge is 0.278 e. The highest BCUT2D eigenvalue weighted by Crippen LogP contribution is 2.25. The first kappa shape index (κ1) is 16.6. The zero-order valence-electron chi connectivity index (χ0n) is 14.6. The molecule has 3 heterocycles. The molecule has 0 aliphatic carbocycles. The number of hydrogen-bond acceptors (Lipinski definition) is 5. The van der Waals surface area contributed by atoms with Crippen LogP contribution in [-0.4, -0.2) is 37.6 Å². The molecule has 0 saturated heterocycles. The number of aromatic nitrogens is 5. The quantitative estimate of drug-likeness (QED) is 0.573. The molecule has 1 amide bonds. The highest BCUT2D eigenvalue weighted by molar-refractivity contribution is 6.08. The van der Waals surface area contributed by atoms with Crippen molar-refractivity contribution in [2.24, 2.45) is 7.05 Å². The number of aryl methyl sites for hydroxylation is 1. The number of aromatic amines is 1. The Balaban J connectivity index is 1.70. The number of pyridine rings is 1. The zero-order chi connectivity index (χ0) is 19.0. The highest BCUT2D eigenvalue weighted by Gasteiger charge is 2.17. The number of H-pyrrole nitrogens is 1. The molecule has 3 aromatic heterocycles. The lowest BCUT2D eigenvalue weighted by atomic mass is 10.1. The van der Waals surface area contributed by atoms with E-state index in [1.54, 1.807) is 60.8 Å². The number of carbonyl (C=O) groups excluding carboxylic acids is 1. The third-order valence-electron chi connectivity index (χ3n) is 4.17. The van der Waals surface area contributed by atoms with Crippen LogP contribution in [0.5, 0.6) is 5.75 Å². The van der Waals surface area contributed by atoms with Crippen molar-refractivity contribution in [2.75, 3.05) is 12.4 Å². The van der Waals surface area contributed by atoms with Gasteiger partial charge in [-0.25, -0.2) is 0 Å².